The summed E-state index contributed by atoms with van der Waals surface area (Å²) in [6, 6.07) is 2.67. The van der Waals surface area contributed by atoms with Gasteiger partial charge in [0.1, 0.15) is 5.76 Å². The van der Waals surface area contributed by atoms with Crippen LogP contribution in [0.15, 0.2) is 10.6 Å². The summed E-state index contributed by atoms with van der Waals surface area (Å²) < 4.78 is 10.8. The van der Waals surface area contributed by atoms with Gasteiger partial charge in [-0.15, -0.1) is 0 Å². The van der Waals surface area contributed by atoms with Crippen LogP contribution in [0.1, 0.15) is 50.0 Å². The first kappa shape index (κ1) is 24.7. The number of rotatable bonds is 5. The zero-order chi connectivity index (χ0) is 24.1. The maximum atomic E-state index is 13.5. The van der Waals surface area contributed by atoms with Crippen molar-refractivity contribution in [3.05, 3.63) is 17.5 Å². The molecule has 4 fully saturated rings. The van der Waals surface area contributed by atoms with E-state index in [2.05, 4.69) is 15.4 Å². The molecule has 10 nitrogen and oxygen atoms in total. The van der Waals surface area contributed by atoms with Crippen molar-refractivity contribution >= 4 is 18.3 Å². The van der Waals surface area contributed by atoms with Crippen LogP contribution >= 0.6 is 0 Å². The number of ether oxygens (including phenoxy) is 1. The summed E-state index contributed by atoms with van der Waals surface area (Å²) in [5.74, 6) is 1.12. The number of piperidine rings is 1. The molecule has 0 spiro atoms. The largest absolute Gasteiger partial charge is 0.483 e. The van der Waals surface area contributed by atoms with Gasteiger partial charge in [-0.3, -0.25) is 19.3 Å². The van der Waals surface area contributed by atoms with E-state index < -0.39 is 5.41 Å². The Kier molecular flexibility index (Phi) is 7.88. The predicted molar refractivity (Wildman–Crippen MR) is 122 cm³/mol. The van der Waals surface area contributed by atoms with Crippen molar-refractivity contribution in [3.8, 4) is 0 Å². The second kappa shape index (κ2) is 10.9. The van der Waals surface area contributed by atoms with Gasteiger partial charge in [-0.1, -0.05) is 5.16 Å². The SMILES string of the molecule is Cc1cc(CC(=O)N2CC[C@@H]3C[C@H](N4CCOCC4)CC[C@@]3(C(=O)NC3CC3)C2)on1.O=CO. The van der Waals surface area contributed by atoms with Crippen LogP contribution < -0.4 is 5.32 Å². The van der Waals surface area contributed by atoms with E-state index in [0.29, 0.717) is 36.9 Å². The molecule has 0 unspecified atom stereocenters. The minimum atomic E-state index is -0.462. The molecule has 4 aliphatic rings. The third kappa shape index (κ3) is 5.60. The molecule has 3 heterocycles. The highest BCUT2D eigenvalue weighted by molar-refractivity contribution is 5.86. The number of carbonyl (C=O) groups is 3. The number of likely N-dealkylation sites (tertiary alicyclic amines) is 1. The fraction of sp³-hybridized carbons (Fsp3) is 0.750. The average molecular weight is 477 g/mol. The van der Waals surface area contributed by atoms with E-state index in [9.17, 15) is 9.59 Å². The number of carboxylic acid groups (broad SMARTS) is 1. The number of nitrogens with one attached hydrogen (secondary N) is 1. The Morgan fingerprint density at radius 3 is 2.62 bits per heavy atom. The Morgan fingerprint density at radius 2 is 1.97 bits per heavy atom. The molecule has 2 amide bonds. The average Bonchev–Trinajstić information content (AvgIpc) is 3.57. The highest BCUT2D eigenvalue weighted by Crippen LogP contribution is 2.48. The predicted octanol–water partition coefficient (Wildman–Crippen LogP) is 1.22. The maximum Gasteiger partial charge on any atom is 0.290 e. The van der Waals surface area contributed by atoms with Crippen LogP contribution in [0.4, 0.5) is 0 Å². The molecular formula is C24H36N4O6. The van der Waals surface area contributed by atoms with Gasteiger partial charge < -0.3 is 24.6 Å². The van der Waals surface area contributed by atoms with E-state index in [1.165, 1.54) is 0 Å². The normalized spacial score (nSPS) is 29.4. The second-order valence-corrected chi connectivity index (χ2v) is 10.00. The smallest absolute Gasteiger partial charge is 0.290 e. The Labute approximate surface area is 200 Å². The monoisotopic (exact) mass is 476 g/mol. The summed E-state index contributed by atoms with van der Waals surface area (Å²) in [7, 11) is 0. The topological polar surface area (TPSA) is 125 Å². The highest BCUT2D eigenvalue weighted by Gasteiger charge is 2.54. The Balaban J connectivity index is 0.000000868. The number of aromatic nitrogens is 1. The molecule has 2 aliphatic heterocycles. The van der Waals surface area contributed by atoms with Crippen molar-refractivity contribution < 1.29 is 28.8 Å². The summed E-state index contributed by atoms with van der Waals surface area (Å²) in [5, 5.41) is 14.1. The Bertz CT molecular complexity index is 865. The Morgan fingerprint density at radius 1 is 1.24 bits per heavy atom. The first-order valence-corrected chi connectivity index (χ1v) is 12.4. The van der Waals surface area contributed by atoms with Gasteiger partial charge in [0, 0.05) is 44.3 Å². The zero-order valence-electron chi connectivity index (χ0n) is 19.9. The van der Waals surface area contributed by atoms with Crippen LogP contribution in [0.3, 0.4) is 0 Å². The molecule has 1 aromatic heterocycles. The molecule has 1 aromatic rings. The standard InChI is InChI=1S/C23H34N4O4.CH2O2/c1-16-12-20(31-25-16)14-21(28)27-7-5-17-13-19(26-8-10-30-11-9-26)4-6-23(17,15-27)22(29)24-18-2-3-18;2-1-3/h12,17-19H,2-11,13-15H2,1H3,(H,24,29);1H,(H,2,3)/t17-,19-,23-;/m1./s1. The lowest BCUT2D eigenvalue weighted by Crippen LogP contribution is -2.62. The number of morpholine rings is 1. The quantitative estimate of drug-likeness (QED) is 0.608. The maximum absolute atomic E-state index is 13.5. The van der Waals surface area contributed by atoms with Crippen molar-refractivity contribution in [1.29, 1.82) is 0 Å². The van der Waals surface area contributed by atoms with Gasteiger partial charge in [-0.2, -0.15) is 0 Å². The number of amides is 2. The van der Waals surface area contributed by atoms with Crippen LogP contribution in [0.5, 0.6) is 0 Å². The zero-order valence-corrected chi connectivity index (χ0v) is 19.9. The van der Waals surface area contributed by atoms with Crippen molar-refractivity contribution in [2.45, 2.75) is 64.0 Å². The molecule has 2 aliphatic carbocycles. The van der Waals surface area contributed by atoms with Gasteiger partial charge in [-0.25, -0.2) is 0 Å². The molecule has 5 rings (SSSR count). The first-order valence-electron chi connectivity index (χ1n) is 12.4. The summed E-state index contributed by atoms with van der Waals surface area (Å²) in [6.07, 6.45) is 6.16. The molecule has 3 atom stereocenters. The van der Waals surface area contributed by atoms with Crippen LogP contribution in [0.25, 0.3) is 0 Å². The lowest BCUT2D eigenvalue weighted by Gasteiger charge is -2.53. The molecule has 2 saturated heterocycles. The van der Waals surface area contributed by atoms with Gasteiger partial charge in [-0.05, 0) is 51.4 Å². The molecule has 2 saturated carbocycles. The van der Waals surface area contributed by atoms with Crippen molar-refractivity contribution in [2.24, 2.45) is 11.3 Å². The van der Waals surface area contributed by atoms with Gasteiger partial charge in [0.05, 0.1) is 30.7 Å². The van der Waals surface area contributed by atoms with Crippen LogP contribution in [0, 0.1) is 18.3 Å². The fourth-order valence-corrected chi connectivity index (χ4v) is 5.81. The summed E-state index contributed by atoms with van der Waals surface area (Å²) in [4.78, 5) is 39.4. The molecule has 0 radical (unpaired) electrons. The molecule has 0 aromatic carbocycles. The van der Waals surface area contributed by atoms with Gasteiger partial charge >= 0.3 is 0 Å². The van der Waals surface area contributed by atoms with Crippen LogP contribution in [-0.2, 0) is 25.5 Å². The van der Waals surface area contributed by atoms with Crippen LogP contribution in [0.2, 0.25) is 0 Å². The minimum Gasteiger partial charge on any atom is -0.483 e. The molecular weight excluding hydrogens is 440 g/mol. The third-order valence-corrected chi connectivity index (χ3v) is 7.76. The number of aryl methyl sites for hydroxylation is 1. The van der Waals surface area contributed by atoms with E-state index in [1.807, 2.05) is 17.9 Å². The molecule has 0 bridgehead atoms. The number of hydrogen-bond acceptors (Lipinski definition) is 7. The molecule has 34 heavy (non-hydrogen) atoms. The van der Waals surface area contributed by atoms with E-state index in [-0.39, 0.29) is 24.7 Å². The molecule has 2 N–H and O–H groups in total. The van der Waals surface area contributed by atoms with Crippen LogP contribution in [-0.4, -0.2) is 89.8 Å². The second-order valence-electron chi connectivity index (χ2n) is 10.00. The number of carbonyl (C=O) groups excluding carboxylic acids is 2. The van der Waals surface area contributed by atoms with Gasteiger partial charge in [0.15, 0.2) is 0 Å². The van der Waals surface area contributed by atoms with Gasteiger partial charge in [0.2, 0.25) is 11.8 Å². The Hall–Kier alpha value is -2.46. The number of nitrogens with zero attached hydrogens (tertiary/aromatic N) is 3. The van der Waals surface area contributed by atoms with E-state index in [4.69, 9.17) is 19.2 Å². The summed E-state index contributed by atoms with van der Waals surface area (Å²) in [6.45, 7) is 6.42. The lowest BCUT2D eigenvalue weighted by molar-refractivity contribution is -0.151. The first-order chi connectivity index (χ1) is 16.4. The van der Waals surface area contributed by atoms with Crippen molar-refractivity contribution in [1.82, 2.24) is 20.3 Å². The van der Waals surface area contributed by atoms with E-state index in [1.54, 1.807) is 0 Å². The lowest BCUT2D eigenvalue weighted by atomic mass is 9.60. The fourth-order valence-electron chi connectivity index (χ4n) is 5.81. The van der Waals surface area contributed by atoms with E-state index in [0.717, 1.165) is 70.5 Å². The third-order valence-electron chi connectivity index (χ3n) is 7.76. The number of hydrogen-bond donors (Lipinski definition) is 2. The summed E-state index contributed by atoms with van der Waals surface area (Å²) >= 11 is 0. The van der Waals surface area contributed by atoms with E-state index >= 15 is 0 Å². The minimum absolute atomic E-state index is 0.0310. The molecule has 188 valence electrons. The summed E-state index contributed by atoms with van der Waals surface area (Å²) in [5.41, 5.74) is 0.319. The molecule has 10 heteroatoms. The van der Waals surface area contributed by atoms with Gasteiger partial charge in [0.25, 0.3) is 6.47 Å². The number of fused-ring (bicyclic) bond motifs is 1. The highest BCUT2D eigenvalue weighted by atomic mass is 16.5. The van der Waals surface area contributed by atoms with Crippen molar-refractivity contribution in [2.75, 3.05) is 39.4 Å². The van der Waals surface area contributed by atoms with Crippen molar-refractivity contribution in [3.63, 3.8) is 0 Å².